The largest absolute Gasteiger partial charge is 0.417 e. The molecular formula is C11H11ClF3N3O. The summed E-state index contributed by atoms with van der Waals surface area (Å²) in [5, 5.41) is 2.66. The van der Waals surface area contributed by atoms with Crippen molar-refractivity contribution in [1.82, 2.24) is 9.99 Å². The Hall–Kier alpha value is -1.50. The molecule has 1 saturated heterocycles. The van der Waals surface area contributed by atoms with E-state index in [0.717, 1.165) is 6.07 Å². The second kappa shape index (κ2) is 4.88. The zero-order chi connectivity index (χ0) is 14.2. The van der Waals surface area contributed by atoms with Crippen LogP contribution in [0.25, 0.3) is 0 Å². The molecular weight excluding hydrogens is 283 g/mol. The van der Waals surface area contributed by atoms with E-state index < -0.39 is 11.7 Å². The topological polar surface area (TPSA) is 36.4 Å². The van der Waals surface area contributed by atoms with Crippen LogP contribution in [0.1, 0.15) is 18.4 Å². The fourth-order valence-corrected chi connectivity index (χ4v) is 2.18. The number of rotatable bonds is 2. The van der Waals surface area contributed by atoms with Crippen molar-refractivity contribution in [3.05, 3.63) is 22.8 Å². The van der Waals surface area contributed by atoms with E-state index in [0.29, 0.717) is 25.6 Å². The highest BCUT2D eigenvalue weighted by molar-refractivity contribution is 6.33. The van der Waals surface area contributed by atoms with Crippen LogP contribution < -0.4 is 5.01 Å². The first-order valence-electron chi connectivity index (χ1n) is 5.57. The van der Waals surface area contributed by atoms with Crippen molar-refractivity contribution in [3.8, 4) is 0 Å². The summed E-state index contributed by atoms with van der Waals surface area (Å²) in [6, 6.07) is 0.806. The van der Waals surface area contributed by atoms with Gasteiger partial charge in [0.15, 0.2) is 5.82 Å². The summed E-state index contributed by atoms with van der Waals surface area (Å²) in [4.78, 5) is 15.3. The number of hydrogen-bond donors (Lipinski definition) is 0. The number of amides is 1. The Morgan fingerprint density at radius 1 is 1.47 bits per heavy atom. The van der Waals surface area contributed by atoms with Crippen molar-refractivity contribution in [2.45, 2.75) is 19.0 Å². The van der Waals surface area contributed by atoms with E-state index in [1.165, 1.54) is 10.0 Å². The minimum Gasteiger partial charge on any atom is -0.273 e. The molecule has 2 rings (SSSR count). The van der Waals surface area contributed by atoms with Gasteiger partial charge >= 0.3 is 6.18 Å². The molecule has 0 spiro atoms. The summed E-state index contributed by atoms with van der Waals surface area (Å²) in [6.07, 6.45) is -2.65. The number of carbonyl (C=O) groups is 1. The Balaban J connectivity index is 2.28. The number of nitrogens with zero attached hydrogens (tertiary/aromatic N) is 3. The van der Waals surface area contributed by atoms with Crippen LogP contribution in [0.5, 0.6) is 0 Å². The fraction of sp³-hybridized carbons (Fsp3) is 0.455. The van der Waals surface area contributed by atoms with E-state index in [4.69, 9.17) is 11.6 Å². The van der Waals surface area contributed by atoms with Gasteiger partial charge in [0, 0.05) is 26.2 Å². The van der Waals surface area contributed by atoms with Gasteiger partial charge in [0.05, 0.1) is 10.6 Å². The van der Waals surface area contributed by atoms with Gasteiger partial charge in [-0.2, -0.15) is 13.2 Å². The van der Waals surface area contributed by atoms with Crippen molar-refractivity contribution in [1.29, 1.82) is 0 Å². The van der Waals surface area contributed by atoms with Gasteiger partial charge in [-0.25, -0.2) is 4.98 Å². The minimum absolute atomic E-state index is 0.0970. The average molecular weight is 294 g/mol. The molecule has 4 nitrogen and oxygen atoms in total. The Kier molecular flexibility index (Phi) is 3.58. The number of carbonyl (C=O) groups excluding carboxylic acids is 1. The lowest BCUT2D eigenvalue weighted by Crippen LogP contribution is -2.41. The van der Waals surface area contributed by atoms with Gasteiger partial charge in [-0.1, -0.05) is 11.6 Å². The summed E-state index contributed by atoms with van der Waals surface area (Å²) >= 11 is 5.81. The highest BCUT2D eigenvalue weighted by Crippen LogP contribution is 2.33. The van der Waals surface area contributed by atoms with E-state index in [9.17, 15) is 18.0 Å². The molecule has 0 bridgehead atoms. The number of pyridine rings is 1. The number of alkyl halides is 3. The smallest absolute Gasteiger partial charge is 0.273 e. The molecule has 0 atom stereocenters. The standard InChI is InChI=1S/C11H11ClF3N3O/c1-17(18-4-2-3-9(18)19)10-8(12)5-7(6-16-10)11(13,14)15/h5-6H,2-4H2,1H3. The third-order valence-corrected chi connectivity index (χ3v) is 3.14. The molecule has 1 amide bonds. The van der Waals surface area contributed by atoms with Crippen LogP contribution in [0.15, 0.2) is 12.3 Å². The Labute approximate surface area is 112 Å². The van der Waals surface area contributed by atoms with Crippen LogP contribution in [0, 0.1) is 0 Å². The maximum absolute atomic E-state index is 12.5. The van der Waals surface area contributed by atoms with Gasteiger partial charge in [-0.15, -0.1) is 0 Å². The van der Waals surface area contributed by atoms with E-state index in [1.807, 2.05) is 0 Å². The van der Waals surface area contributed by atoms with Crippen molar-refractivity contribution in [2.75, 3.05) is 18.6 Å². The molecule has 1 aliphatic heterocycles. The van der Waals surface area contributed by atoms with Crippen molar-refractivity contribution >= 4 is 23.3 Å². The Morgan fingerprint density at radius 2 is 2.16 bits per heavy atom. The third-order valence-electron chi connectivity index (χ3n) is 2.87. The summed E-state index contributed by atoms with van der Waals surface area (Å²) < 4.78 is 37.5. The maximum Gasteiger partial charge on any atom is 0.417 e. The number of hydrazine groups is 1. The second-order valence-electron chi connectivity index (χ2n) is 4.17. The Bertz CT molecular complexity index is 506. The van der Waals surface area contributed by atoms with Gasteiger partial charge in [0.2, 0.25) is 5.91 Å². The molecule has 0 aliphatic carbocycles. The lowest BCUT2D eigenvalue weighted by atomic mass is 10.3. The monoisotopic (exact) mass is 293 g/mol. The predicted octanol–water partition coefficient (Wildman–Crippen LogP) is 2.73. The van der Waals surface area contributed by atoms with Crippen molar-refractivity contribution in [2.24, 2.45) is 0 Å². The van der Waals surface area contributed by atoms with Gasteiger partial charge in [0.25, 0.3) is 0 Å². The van der Waals surface area contributed by atoms with Crippen LogP contribution >= 0.6 is 11.6 Å². The quantitative estimate of drug-likeness (QED) is 0.841. The number of aromatic nitrogens is 1. The van der Waals surface area contributed by atoms with E-state index in [1.54, 1.807) is 7.05 Å². The molecule has 0 saturated carbocycles. The summed E-state index contributed by atoms with van der Waals surface area (Å²) in [5.74, 6) is 0.0326. The third kappa shape index (κ3) is 2.75. The molecule has 1 aliphatic rings. The number of anilines is 1. The molecule has 1 aromatic rings. The maximum atomic E-state index is 12.5. The van der Waals surface area contributed by atoms with Gasteiger partial charge < -0.3 is 0 Å². The normalized spacial score (nSPS) is 16.1. The molecule has 0 unspecified atom stereocenters. The highest BCUT2D eigenvalue weighted by atomic mass is 35.5. The molecule has 104 valence electrons. The zero-order valence-corrected chi connectivity index (χ0v) is 10.8. The Morgan fingerprint density at radius 3 is 2.63 bits per heavy atom. The first-order chi connectivity index (χ1) is 8.80. The van der Waals surface area contributed by atoms with Crippen molar-refractivity contribution in [3.63, 3.8) is 0 Å². The van der Waals surface area contributed by atoms with E-state index >= 15 is 0 Å². The van der Waals surface area contributed by atoms with Crippen LogP contribution in [0.2, 0.25) is 5.02 Å². The SMILES string of the molecule is CN(c1ncc(C(F)(F)F)cc1Cl)N1CCCC1=O. The van der Waals surface area contributed by atoms with Crippen LogP contribution in [0.3, 0.4) is 0 Å². The lowest BCUT2D eigenvalue weighted by molar-refractivity contribution is -0.137. The van der Waals surface area contributed by atoms with Crippen LogP contribution in [-0.2, 0) is 11.0 Å². The molecule has 0 radical (unpaired) electrons. The molecule has 1 fully saturated rings. The van der Waals surface area contributed by atoms with Gasteiger partial charge in [0.1, 0.15) is 0 Å². The van der Waals surface area contributed by atoms with E-state index in [2.05, 4.69) is 4.98 Å². The predicted molar refractivity (Wildman–Crippen MR) is 63.6 cm³/mol. The van der Waals surface area contributed by atoms with Crippen LogP contribution in [-0.4, -0.2) is 29.5 Å². The lowest BCUT2D eigenvalue weighted by Gasteiger charge is -2.29. The zero-order valence-electron chi connectivity index (χ0n) is 10.0. The summed E-state index contributed by atoms with van der Waals surface area (Å²) in [7, 11) is 1.55. The summed E-state index contributed by atoms with van der Waals surface area (Å²) in [5.41, 5.74) is -0.914. The van der Waals surface area contributed by atoms with E-state index in [-0.39, 0.29) is 16.7 Å². The molecule has 8 heteroatoms. The number of halogens is 4. The number of hydrogen-bond acceptors (Lipinski definition) is 3. The van der Waals surface area contributed by atoms with Gasteiger partial charge in [-0.05, 0) is 12.5 Å². The molecule has 1 aromatic heterocycles. The van der Waals surface area contributed by atoms with Crippen LogP contribution in [0.4, 0.5) is 19.0 Å². The molecule has 0 N–H and O–H groups in total. The molecule has 0 aromatic carbocycles. The molecule has 2 heterocycles. The second-order valence-corrected chi connectivity index (χ2v) is 4.58. The average Bonchev–Trinajstić information content (AvgIpc) is 2.73. The highest BCUT2D eigenvalue weighted by Gasteiger charge is 2.33. The van der Waals surface area contributed by atoms with Crippen molar-refractivity contribution < 1.29 is 18.0 Å². The van der Waals surface area contributed by atoms with Gasteiger partial charge in [-0.3, -0.25) is 14.8 Å². The minimum atomic E-state index is -4.49. The first kappa shape index (κ1) is 13.9. The fourth-order valence-electron chi connectivity index (χ4n) is 1.89. The summed E-state index contributed by atoms with van der Waals surface area (Å²) in [6.45, 7) is 0.508. The molecule has 19 heavy (non-hydrogen) atoms. The first-order valence-corrected chi connectivity index (χ1v) is 5.95.